The summed E-state index contributed by atoms with van der Waals surface area (Å²) in [5.74, 6) is 0.0794. The molecule has 122 valence electrons. The van der Waals surface area contributed by atoms with Crippen LogP contribution in [-0.4, -0.2) is 17.9 Å². The third-order valence-electron chi connectivity index (χ3n) is 4.59. The largest absolute Gasteiger partial charge is 0.366 e. The Morgan fingerprint density at radius 2 is 1.30 bits per heavy atom. The van der Waals surface area contributed by atoms with Gasteiger partial charge in [0, 0.05) is 28.9 Å². The van der Waals surface area contributed by atoms with Gasteiger partial charge in [-0.3, -0.25) is 4.79 Å². The Hall–Kier alpha value is -2.09. The molecule has 0 aliphatic heterocycles. The number of hydrogen-bond acceptors (Lipinski definition) is 2. The SMILES string of the molecule is CCC(C)N(c1ccc(C(=O)c2ccccc2)cc1)C(C)CC. The highest BCUT2D eigenvalue weighted by atomic mass is 16.1. The first-order chi connectivity index (χ1) is 11.1. The van der Waals surface area contributed by atoms with Crippen LogP contribution in [0, 0.1) is 0 Å². The highest BCUT2D eigenvalue weighted by Gasteiger charge is 2.18. The van der Waals surface area contributed by atoms with Gasteiger partial charge in [0.1, 0.15) is 0 Å². The molecule has 0 aromatic heterocycles. The Kier molecular flexibility index (Phi) is 5.97. The zero-order valence-electron chi connectivity index (χ0n) is 14.6. The van der Waals surface area contributed by atoms with Crippen molar-refractivity contribution in [3.8, 4) is 0 Å². The molecule has 0 N–H and O–H groups in total. The van der Waals surface area contributed by atoms with Gasteiger partial charge in [-0.05, 0) is 51.0 Å². The fourth-order valence-electron chi connectivity index (χ4n) is 2.88. The van der Waals surface area contributed by atoms with E-state index in [0.29, 0.717) is 12.1 Å². The van der Waals surface area contributed by atoms with Gasteiger partial charge in [-0.1, -0.05) is 44.2 Å². The molecule has 0 heterocycles. The summed E-state index contributed by atoms with van der Waals surface area (Å²) >= 11 is 0. The highest BCUT2D eigenvalue weighted by Crippen LogP contribution is 2.24. The van der Waals surface area contributed by atoms with E-state index in [4.69, 9.17) is 0 Å². The molecular formula is C21H27NO. The smallest absolute Gasteiger partial charge is 0.193 e. The zero-order chi connectivity index (χ0) is 16.8. The lowest BCUT2D eigenvalue weighted by atomic mass is 10.0. The van der Waals surface area contributed by atoms with E-state index in [2.05, 4.69) is 44.7 Å². The van der Waals surface area contributed by atoms with Crippen molar-refractivity contribution < 1.29 is 4.79 Å². The lowest BCUT2D eigenvalue weighted by Crippen LogP contribution is -2.39. The number of anilines is 1. The lowest BCUT2D eigenvalue weighted by molar-refractivity contribution is 0.103. The van der Waals surface area contributed by atoms with Crippen LogP contribution in [0.25, 0.3) is 0 Å². The fourth-order valence-corrected chi connectivity index (χ4v) is 2.88. The second-order valence-corrected chi connectivity index (χ2v) is 6.16. The Balaban J connectivity index is 2.25. The van der Waals surface area contributed by atoms with Gasteiger partial charge in [0.15, 0.2) is 5.78 Å². The lowest BCUT2D eigenvalue weighted by Gasteiger charge is -2.36. The molecule has 0 aliphatic rings. The van der Waals surface area contributed by atoms with E-state index in [0.717, 1.165) is 24.0 Å². The third-order valence-corrected chi connectivity index (χ3v) is 4.59. The molecule has 2 atom stereocenters. The Morgan fingerprint density at radius 3 is 1.78 bits per heavy atom. The molecular weight excluding hydrogens is 282 g/mol. The standard InChI is InChI=1S/C21H27NO/c1-5-16(3)22(17(4)6-2)20-14-12-19(13-15-20)21(23)18-10-8-7-9-11-18/h7-17H,5-6H2,1-4H3. The molecule has 0 radical (unpaired) electrons. The first-order valence-corrected chi connectivity index (χ1v) is 8.56. The molecule has 2 unspecified atom stereocenters. The number of benzene rings is 2. The van der Waals surface area contributed by atoms with Crippen molar-refractivity contribution in [1.29, 1.82) is 0 Å². The minimum absolute atomic E-state index is 0.0794. The van der Waals surface area contributed by atoms with Crippen molar-refractivity contribution in [2.75, 3.05) is 4.90 Å². The third kappa shape index (κ3) is 4.01. The van der Waals surface area contributed by atoms with Gasteiger partial charge in [-0.2, -0.15) is 0 Å². The van der Waals surface area contributed by atoms with E-state index in [1.165, 1.54) is 5.69 Å². The highest BCUT2D eigenvalue weighted by molar-refractivity contribution is 6.09. The van der Waals surface area contributed by atoms with E-state index in [1.54, 1.807) is 0 Å². The maximum absolute atomic E-state index is 12.5. The van der Waals surface area contributed by atoms with E-state index < -0.39 is 0 Å². The Bertz CT molecular complexity index is 608. The van der Waals surface area contributed by atoms with Crippen molar-refractivity contribution in [3.63, 3.8) is 0 Å². The molecule has 0 amide bonds. The molecule has 2 nitrogen and oxygen atoms in total. The average Bonchev–Trinajstić information content (AvgIpc) is 2.62. The molecule has 0 spiro atoms. The summed E-state index contributed by atoms with van der Waals surface area (Å²) in [6.45, 7) is 8.95. The van der Waals surface area contributed by atoms with Crippen LogP contribution in [-0.2, 0) is 0 Å². The second kappa shape index (κ2) is 7.96. The van der Waals surface area contributed by atoms with Crippen molar-refractivity contribution in [2.24, 2.45) is 0 Å². The van der Waals surface area contributed by atoms with Crippen molar-refractivity contribution >= 4 is 11.5 Å². The van der Waals surface area contributed by atoms with E-state index >= 15 is 0 Å². The number of carbonyl (C=O) groups excluding carboxylic acids is 1. The van der Waals surface area contributed by atoms with E-state index in [1.807, 2.05) is 42.5 Å². The summed E-state index contributed by atoms with van der Waals surface area (Å²) in [7, 11) is 0. The quantitative estimate of drug-likeness (QED) is 0.645. The predicted octanol–water partition coefficient (Wildman–Crippen LogP) is 5.32. The maximum Gasteiger partial charge on any atom is 0.193 e. The summed E-state index contributed by atoms with van der Waals surface area (Å²) in [4.78, 5) is 14.9. The van der Waals surface area contributed by atoms with Gasteiger partial charge in [-0.15, -0.1) is 0 Å². The Labute approximate surface area is 140 Å². The summed E-state index contributed by atoms with van der Waals surface area (Å²) in [6.07, 6.45) is 2.21. The van der Waals surface area contributed by atoms with Gasteiger partial charge < -0.3 is 4.90 Å². The number of rotatable bonds is 7. The average molecular weight is 309 g/mol. The Morgan fingerprint density at radius 1 is 0.826 bits per heavy atom. The van der Waals surface area contributed by atoms with Crippen LogP contribution in [0.3, 0.4) is 0 Å². The molecule has 23 heavy (non-hydrogen) atoms. The second-order valence-electron chi connectivity index (χ2n) is 6.16. The molecule has 2 heteroatoms. The van der Waals surface area contributed by atoms with Gasteiger partial charge >= 0.3 is 0 Å². The van der Waals surface area contributed by atoms with Crippen LogP contribution in [0.15, 0.2) is 54.6 Å². The maximum atomic E-state index is 12.5. The van der Waals surface area contributed by atoms with Gasteiger partial charge in [0.05, 0.1) is 0 Å². The minimum Gasteiger partial charge on any atom is -0.366 e. The molecule has 0 saturated heterocycles. The van der Waals surface area contributed by atoms with Crippen molar-refractivity contribution in [3.05, 3.63) is 65.7 Å². The fraction of sp³-hybridized carbons (Fsp3) is 0.381. The number of ketones is 1. The van der Waals surface area contributed by atoms with Gasteiger partial charge in [0.25, 0.3) is 0 Å². The molecule has 0 aliphatic carbocycles. The van der Waals surface area contributed by atoms with Crippen LogP contribution in [0.2, 0.25) is 0 Å². The number of hydrogen-bond donors (Lipinski definition) is 0. The predicted molar refractivity (Wildman–Crippen MR) is 98.3 cm³/mol. The number of carbonyl (C=O) groups is 1. The van der Waals surface area contributed by atoms with Crippen LogP contribution in [0.1, 0.15) is 56.5 Å². The topological polar surface area (TPSA) is 20.3 Å². The molecule has 0 fully saturated rings. The zero-order valence-corrected chi connectivity index (χ0v) is 14.6. The molecule has 2 aromatic carbocycles. The molecule has 2 aromatic rings. The molecule has 2 rings (SSSR count). The molecule has 0 saturated carbocycles. The summed E-state index contributed by atoms with van der Waals surface area (Å²) in [5, 5.41) is 0. The monoisotopic (exact) mass is 309 g/mol. The first-order valence-electron chi connectivity index (χ1n) is 8.56. The van der Waals surface area contributed by atoms with E-state index in [-0.39, 0.29) is 5.78 Å². The van der Waals surface area contributed by atoms with Gasteiger partial charge in [0.2, 0.25) is 0 Å². The van der Waals surface area contributed by atoms with Crippen molar-refractivity contribution in [1.82, 2.24) is 0 Å². The molecule has 0 bridgehead atoms. The summed E-state index contributed by atoms with van der Waals surface area (Å²) in [5.41, 5.74) is 2.67. The van der Waals surface area contributed by atoms with E-state index in [9.17, 15) is 4.79 Å². The minimum atomic E-state index is 0.0794. The van der Waals surface area contributed by atoms with Gasteiger partial charge in [-0.25, -0.2) is 0 Å². The number of nitrogens with zero attached hydrogens (tertiary/aromatic N) is 1. The first kappa shape index (κ1) is 17.3. The van der Waals surface area contributed by atoms with Crippen LogP contribution in [0.4, 0.5) is 5.69 Å². The van der Waals surface area contributed by atoms with Crippen LogP contribution in [0.5, 0.6) is 0 Å². The summed E-state index contributed by atoms with van der Waals surface area (Å²) < 4.78 is 0. The normalized spacial score (nSPS) is 13.4. The summed E-state index contributed by atoms with van der Waals surface area (Å²) in [6, 6.07) is 18.5. The van der Waals surface area contributed by atoms with Crippen LogP contribution >= 0.6 is 0 Å². The van der Waals surface area contributed by atoms with Crippen LogP contribution < -0.4 is 4.90 Å². The van der Waals surface area contributed by atoms with Crippen molar-refractivity contribution in [2.45, 2.75) is 52.6 Å².